The molecular formula is C14H25NO. The molecule has 0 aromatic carbocycles. The Kier molecular flexibility index (Phi) is 3.56. The molecule has 2 saturated carbocycles. The van der Waals surface area contributed by atoms with Crippen LogP contribution in [0.3, 0.4) is 0 Å². The SMILES string of the molecule is CC(C)[C@H]1CC[C@@H](C)C[C@@H]1NC(=O)C1CC1. The van der Waals surface area contributed by atoms with Crippen LogP contribution in [0, 0.1) is 23.7 Å². The van der Waals surface area contributed by atoms with Crippen molar-refractivity contribution >= 4 is 5.91 Å². The first-order valence-electron chi connectivity index (χ1n) is 6.88. The van der Waals surface area contributed by atoms with Gasteiger partial charge in [-0.1, -0.05) is 27.2 Å². The van der Waals surface area contributed by atoms with Crippen molar-refractivity contribution in [2.45, 2.75) is 58.9 Å². The Balaban J connectivity index is 1.93. The van der Waals surface area contributed by atoms with Crippen molar-refractivity contribution in [2.75, 3.05) is 0 Å². The minimum Gasteiger partial charge on any atom is -0.353 e. The Labute approximate surface area is 99.2 Å². The molecule has 0 saturated heterocycles. The summed E-state index contributed by atoms with van der Waals surface area (Å²) in [5.41, 5.74) is 0. The zero-order valence-electron chi connectivity index (χ0n) is 10.8. The summed E-state index contributed by atoms with van der Waals surface area (Å²) in [5.74, 6) is 2.84. The fourth-order valence-corrected chi connectivity index (χ4v) is 3.01. The molecule has 1 N–H and O–H groups in total. The van der Waals surface area contributed by atoms with Crippen LogP contribution in [-0.4, -0.2) is 11.9 Å². The summed E-state index contributed by atoms with van der Waals surface area (Å²) in [4.78, 5) is 11.8. The lowest BCUT2D eigenvalue weighted by molar-refractivity contribution is -0.123. The zero-order chi connectivity index (χ0) is 11.7. The van der Waals surface area contributed by atoms with E-state index in [1.165, 1.54) is 19.3 Å². The predicted octanol–water partition coefficient (Wildman–Crippen LogP) is 2.97. The fourth-order valence-electron chi connectivity index (χ4n) is 3.01. The number of hydrogen-bond acceptors (Lipinski definition) is 1. The Morgan fingerprint density at radius 3 is 2.44 bits per heavy atom. The van der Waals surface area contributed by atoms with Gasteiger partial charge in [-0.05, 0) is 43.4 Å². The lowest BCUT2D eigenvalue weighted by Gasteiger charge is -2.37. The normalized spacial score (nSPS) is 35.1. The maximum absolute atomic E-state index is 11.8. The third-order valence-corrected chi connectivity index (χ3v) is 4.30. The lowest BCUT2D eigenvalue weighted by atomic mass is 9.74. The predicted molar refractivity (Wildman–Crippen MR) is 66.0 cm³/mol. The molecule has 0 unspecified atom stereocenters. The first kappa shape index (κ1) is 11.9. The largest absolute Gasteiger partial charge is 0.353 e. The summed E-state index contributed by atoms with van der Waals surface area (Å²) in [6, 6.07) is 0.442. The zero-order valence-corrected chi connectivity index (χ0v) is 10.8. The molecule has 0 bridgehead atoms. The van der Waals surface area contributed by atoms with Gasteiger partial charge in [-0.15, -0.1) is 0 Å². The average molecular weight is 223 g/mol. The van der Waals surface area contributed by atoms with Gasteiger partial charge in [0.15, 0.2) is 0 Å². The topological polar surface area (TPSA) is 29.1 Å². The molecule has 2 rings (SSSR count). The van der Waals surface area contributed by atoms with Gasteiger partial charge in [0.2, 0.25) is 5.91 Å². The first-order valence-corrected chi connectivity index (χ1v) is 6.88. The number of rotatable bonds is 3. The molecule has 0 radical (unpaired) electrons. The van der Waals surface area contributed by atoms with Crippen molar-refractivity contribution in [1.82, 2.24) is 5.32 Å². The third kappa shape index (κ3) is 2.78. The van der Waals surface area contributed by atoms with E-state index >= 15 is 0 Å². The quantitative estimate of drug-likeness (QED) is 0.783. The molecule has 2 aliphatic rings. The van der Waals surface area contributed by atoms with E-state index in [0.717, 1.165) is 18.8 Å². The summed E-state index contributed by atoms with van der Waals surface area (Å²) in [7, 11) is 0. The summed E-state index contributed by atoms with van der Waals surface area (Å²) < 4.78 is 0. The molecule has 0 aromatic heterocycles. The molecule has 0 heterocycles. The van der Waals surface area contributed by atoms with Gasteiger partial charge >= 0.3 is 0 Å². The van der Waals surface area contributed by atoms with Gasteiger partial charge in [0, 0.05) is 12.0 Å². The Morgan fingerprint density at radius 2 is 1.88 bits per heavy atom. The van der Waals surface area contributed by atoms with Crippen molar-refractivity contribution in [3.8, 4) is 0 Å². The molecule has 0 aromatic rings. The average Bonchev–Trinajstić information content (AvgIpc) is 2.99. The number of hydrogen-bond donors (Lipinski definition) is 1. The highest BCUT2D eigenvalue weighted by Crippen LogP contribution is 2.35. The highest BCUT2D eigenvalue weighted by Gasteiger charge is 2.35. The van der Waals surface area contributed by atoms with Gasteiger partial charge < -0.3 is 5.32 Å². The molecule has 2 fully saturated rings. The summed E-state index contributed by atoms with van der Waals surface area (Å²) in [6.07, 6.45) is 6.02. The second-order valence-corrected chi connectivity index (χ2v) is 6.22. The van der Waals surface area contributed by atoms with Gasteiger partial charge in [0.1, 0.15) is 0 Å². The van der Waals surface area contributed by atoms with E-state index in [0.29, 0.717) is 29.7 Å². The van der Waals surface area contributed by atoms with Crippen LogP contribution in [0.25, 0.3) is 0 Å². The van der Waals surface area contributed by atoms with Crippen LogP contribution < -0.4 is 5.32 Å². The second kappa shape index (κ2) is 4.77. The van der Waals surface area contributed by atoms with Crippen LogP contribution in [-0.2, 0) is 4.79 Å². The Morgan fingerprint density at radius 1 is 1.19 bits per heavy atom. The minimum atomic E-state index is 0.324. The molecule has 16 heavy (non-hydrogen) atoms. The fraction of sp³-hybridized carbons (Fsp3) is 0.929. The van der Waals surface area contributed by atoms with Gasteiger partial charge in [-0.25, -0.2) is 0 Å². The minimum absolute atomic E-state index is 0.324. The molecule has 2 heteroatoms. The van der Waals surface area contributed by atoms with E-state index in [1.807, 2.05) is 0 Å². The number of amides is 1. The molecule has 92 valence electrons. The van der Waals surface area contributed by atoms with E-state index in [4.69, 9.17) is 0 Å². The lowest BCUT2D eigenvalue weighted by Crippen LogP contribution is -2.46. The second-order valence-electron chi connectivity index (χ2n) is 6.22. The van der Waals surface area contributed by atoms with Crippen molar-refractivity contribution in [3.63, 3.8) is 0 Å². The van der Waals surface area contributed by atoms with Crippen LogP contribution in [0.1, 0.15) is 52.9 Å². The van der Waals surface area contributed by atoms with E-state index in [-0.39, 0.29) is 0 Å². The van der Waals surface area contributed by atoms with Crippen molar-refractivity contribution in [1.29, 1.82) is 0 Å². The monoisotopic (exact) mass is 223 g/mol. The summed E-state index contributed by atoms with van der Waals surface area (Å²) in [5, 5.41) is 3.30. The van der Waals surface area contributed by atoms with E-state index in [1.54, 1.807) is 0 Å². The van der Waals surface area contributed by atoms with E-state index < -0.39 is 0 Å². The van der Waals surface area contributed by atoms with Crippen molar-refractivity contribution < 1.29 is 4.79 Å². The standard InChI is InChI=1S/C14H25NO/c1-9(2)12-7-4-10(3)8-13(12)15-14(16)11-5-6-11/h9-13H,4-8H2,1-3H3,(H,15,16)/t10-,12-,13+/m1/s1. The smallest absolute Gasteiger partial charge is 0.223 e. The van der Waals surface area contributed by atoms with Crippen molar-refractivity contribution in [2.24, 2.45) is 23.7 Å². The Hall–Kier alpha value is -0.530. The number of carbonyl (C=O) groups excluding carboxylic acids is 1. The summed E-state index contributed by atoms with van der Waals surface area (Å²) >= 11 is 0. The molecule has 1 amide bonds. The van der Waals surface area contributed by atoms with Gasteiger partial charge in [-0.3, -0.25) is 4.79 Å². The van der Waals surface area contributed by atoms with Crippen LogP contribution in [0.2, 0.25) is 0 Å². The molecular weight excluding hydrogens is 198 g/mol. The Bertz CT molecular complexity index is 257. The molecule has 2 nitrogen and oxygen atoms in total. The van der Waals surface area contributed by atoms with E-state index in [9.17, 15) is 4.79 Å². The van der Waals surface area contributed by atoms with Crippen LogP contribution in [0.4, 0.5) is 0 Å². The van der Waals surface area contributed by atoms with Gasteiger partial charge in [0.05, 0.1) is 0 Å². The molecule has 3 atom stereocenters. The molecule has 2 aliphatic carbocycles. The van der Waals surface area contributed by atoms with Gasteiger partial charge in [-0.2, -0.15) is 0 Å². The number of nitrogens with one attached hydrogen (secondary N) is 1. The highest BCUT2D eigenvalue weighted by atomic mass is 16.2. The van der Waals surface area contributed by atoms with Gasteiger partial charge in [0.25, 0.3) is 0 Å². The van der Waals surface area contributed by atoms with Crippen LogP contribution in [0.5, 0.6) is 0 Å². The first-order chi connectivity index (χ1) is 7.58. The number of carbonyl (C=O) groups is 1. The molecule has 0 aliphatic heterocycles. The summed E-state index contributed by atoms with van der Waals surface area (Å²) in [6.45, 7) is 6.89. The van der Waals surface area contributed by atoms with Crippen LogP contribution >= 0.6 is 0 Å². The maximum Gasteiger partial charge on any atom is 0.223 e. The highest BCUT2D eigenvalue weighted by molar-refractivity contribution is 5.81. The van der Waals surface area contributed by atoms with Crippen molar-refractivity contribution in [3.05, 3.63) is 0 Å². The maximum atomic E-state index is 11.8. The molecule has 0 spiro atoms. The van der Waals surface area contributed by atoms with E-state index in [2.05, 4.69) is 26.1 Å². The third-order valence-electron chi connectivity index (χ3n) is 4.30. The van der Waals surface area contributed by atoms with Crippen LogP contribution in [0.15, 0.2) is 0 Å².